The number of benzene rings is 1. The fraction of sp³-hybridized carbons (Fsp3) is 0.231. The first-order valence-electron chi connectivity index (χ1n) is 5.81. The lowest BCUT2D eigenvalue weighted by Gasteiger charge is -2.13. The Morgan fingerprint density at radius 1 is 1.26 bits per heavy atom. The first-order chi connectivity index (χ1) is 9.00. The molecule has 100 valence electrons. The Balaban J connectivity index is 2.27. The van der Waals surface area contributed by atoms with Crippen LogP contribution in [0.2, 0.25) is 5.02 Å². The van der Waals surface area contributed by atoms with Crippen LogP contribution in [0.1, 0.15) is 17.0 Å². The van der Waals surface area contributed by atoms with Crippen molar-refractivity contribution >= 4 is 17.3 Å². The summed E-state index contributed by atoms with van der Waals surface area (Å²) in [6, 6.07) is 8.64. The minimum absolute atomic E-state index is 0.0301. The molecular formula is C13H14ClN3O2. The van der Waals surface area contributed by atoms with Crippen molar-refractivity contribution in [3.63, 3.8) is 0 Å². The van der Waals surface area contributed by atoms with Crippen LogP contribution in [0.5, 0.6) is 0 Å². The minimum atomic E-state index is -0.418. The highest BCUT2D eigenvalue weighted by molar-refractivity contribution is 6.31. The monoisotopic (exact) mass is 279 g/mol. The van der Waals surface area contributed by atoms with Crippen molar-refractivity contribution in [2.45, 2.75) is 20.4 Å². The van der Waals surface area contributed by atoms with Crippen LogP contribution < -0.4 is 5.43 Å². The topological polar surface area (TPSA) is 60.1 Å². The van der Waals surface area contributed by atoms with E-state index in [4.69, 9.17) is 11.6 Å². The molecule has 0 aliphatic rings. The Labute approximate surface area is 115 Å². The molecule has 0 saturated carbocycles. The molecule has 1 aromatic carbocycles. The number of aryl methyl sites for hydroxylation is 2. The van der Waals surface area contributed by atoms with Crippen LogP contribution in [0.15, 0.2) is 30.3 Å². The third-order valence-electron chi connectivity index (χ3n) is 2.98. The van der Waals surface area contributed by atoms with Gasteiger partial charge >= 0.3 is 0 Å². The fourth-order valence-corrected chi connectivity index (χ4v) is 2.21. The van der Waals surface area contributed by atoms with E-state index in [0.717, 1.165) is 11.4 Å². The highest BCUT2D eigenvalue weighted by Crippen LogP contribution is 2.26. The maximum absolute atomic E-state index is 11.0. The summed E-state index contributed by atoms with van der Waals surface area (Å²) < 4.78 is 1.88. The zero-order valence-corrected chi connectivity index (χ0v) is 11.4. The Hall–Kier alpha value is -2.01. The molecule has 2 rings (SSSR count). The number of aromatic nitrogens is 1. The summed E-state index contributed by atoms with van der Waals surface area (Å²) in [5.41, 5.74) is 5.73. The Kier molecular flexibility index (Phi) is 3.76. The van der Waals surface area contributed by atoms with E-state index in [2.05, 4.69) is 5.43 Å². The number of hydrogen-bond acceptors (Lipinski definition) is 3. The minimum Gasteiger partial charge on any atom is -0.321 e. The summed E-state index contributed by atoms with van der Waals surface area (Å²) >= 11 is 6.04. The molecule has 0 radical (unpaired) electrons. The molecule has 0 aliphatic carbocycles. The van der Waals surface area contributed by atoms with Gasteiger partial charge in [0.25, 0.3) is 5.69 Å². The molecule has 1 N–H and O–H groups in total. The number of hydrogen-bond donors (Lipinski definition) is 1. The summed E-state index contributed by atoms with van der Waals surface area (Å²) in [6.07, 6.45) is 0. The van der Waals surface area contributed by atoms with Crippen LogP contribution in [0.25, 0.3) is 0 Å². The fourth-order valence-electron chi connectivity index (χ4n) is 1.97. The second kappa shape index (κ2) is 5.32. The Morgan fingerprint density at radius 3 is 2.47 bits per heavy atom. The van der Waals surface area contributed by atoms with Crippen molar-refractivity contribution in [3.05, 3.63) is 62.4 Å². The molecule has 19 heavy (non-hydrogen) atoms. The van der Waals surface area contributed by atoms with Gasteiger partial charge in [0, 0.05) is 17.5 Å². The molecule has 0 aliphatic heterocycles. The predicted molar refractivity (Wildman–Crippen MR) is 75.1 cm³/mol. The van der Waals surface area contributed by atoms with Crippen LogP contribution in [0.3, 0.4) is 0 Å². The predicted octanol–water partition coefficient (Wildman–Crippen LogP) is 3.41. The Bertz CT molecular complexity index is 603. The number of rotatable bonds is 4. The molecular weight excluding hydrogens is 266 g/mol. The smallest absolute Gasteiger partial charge is 0.275 e. The second-order valence-electron chi connectivity index (χ2n) is 4.28. The van der Waals surface area contributed by atoms with Gasteiger partial charge in [-0.3, -0.25) is 14.8 Å². The van der Waals surface area contributed by atoms with Crippen LogP contribution in [0.4, 0.5) is 5.69 Å². The van der Waals surface area contributed by atoms with E-state index < -0.39 is 4.92 Å². The summed E-state index contributed by atoms with van der Waals surface area (Å²) in [4.78, 5) is 10.6. The molecule has 0 unspecified atom stereocenters. The third kappa shape index (κ3) is 2.71. The van der Waals surface area contributed by atoms with Crippen molar-refractivity contribution in [2.24, 2.45) is 0 Å². The number of nitrogens with one attached hydrogen (secondary N) is 1. The first kappa shape index (κ1) is 13.4. The highest BCUT2D eigenvalue weighted by Gasteiger charge is 2.16. The number of halogens is 1. The molecule has 1 heterocycles. The van der Waals surface area contributed by atoms with Crippen LogP contribution in [-0.4, -0.2) is 9.60 Å². The van der Waals surface area contributed by atoms with Crippen molar-refractivity contribution in [3.8, 4) is 0 Å². The number of nitro benzene ring substituents is 1. The molecule has 1 aromatic heterocycles. The van der Waals surface area contributed by atoms with Crippen molar-refractivity contribution in [1.29, 1.82) is 0 Å². The van der Waals surface area contributed by atoms with Gasteiger partial charge in [0.05, 0.1) is 22.1 Å². The first-order valence-corrected chi connectivity index (χ1v) is 6.19. The summed E-state index contributed by atoms with van der Waals surface area (Å²) in [7, 11) is 0. The highest BCUT2D eigenvalue weighted by atomic mass is 35.5. The van der Waals surface area contributed by atoms with E-state index in [0.29, 0.717) is 17.1 Å². The lowest BCUT2D eigenvalue weighted by atomic mass is 10.2. The molecule has 0 bridgehead atoms. The van der Waals surface area contributed by atoms with E-state index in [1.54, 1.807) is 12.1 Å². The van der Waals surface area contributed by atoms with Crippen LogP contribution >= 0.6 is 11.6 Å². The second-order valence-corrected chi connectivity index (χ2v) is 4.69. The molecule has 0 amide bonds. The van der Waals surface area contributed by atoms with E-state index in [9.17, 15) is 10.1 Å². The largest absolute Gasteiger partial charge is 0.321 e. The number of nitro groups is 1. The quantitative estimate of drug-likeness (QED) is 0.689. The van der Waals surface area contributed by atoms with Gasteiger partial charge in [-0.15, -0.1) is 0 Å². The van der Waals surface area contributed by atoms with E-state index in [1.165, 1.54) is 6.07 Å². The lowest BCUT2D eigenvalue weighted by Crippen LogP contribution is -2.17. The lowest BCUT2D eigenvalue weighted by molar-refractivity contribution is -0.385. The van der Waals surface area contributed by atoms with Crippen molar-refractivity contribution in [2.75, 3.05) is 5.43 Å². The molecule has 0 fully saturated rings. The average Bonchev–Trinajstić information content (AvgIpc) is 2.67. The average molecular weight is 280 g/mol. The van der Waals surface area contributed by atoms with E-state index >= 15 is 0 Å². The summed E-state index contributed by atoms with van der Waals surface area (Å²) in [5.74, 6) is 0. The van der Waals surface area contributed by atoms with Gasteiger partial charge in [0.2, 0.25) is 0 Å². The standard InChI is InChI=1S/C13H14ClN3O2/c1-9-6-7-10(2)16(9)15-8-11-12(14)4-3-5-13(11)17(18)19/h3-7,15H,8H2,1-2H3. The van der Waals surface area contributed by atoms with Gasteiger partial charge in [0.15, 0.2) is 0 Å². The third-order valence-corrected chi connectivity index (χ3v) is 3.33. The normalized spacial score (nSPS) is 10.5. The summed E-state index contributed by atoms with van der Waals surface area (Å²) in [6.45, 7) is 4.22. The van der Waals surface area contributed by atoms with E-state index in [-0.39, 0.29) is 5.69 Å². The zero-order chi connectivity index (χ0) is 14.0. The van der Waals surface area contributed by atoms with Gasteiger partial charge in [-0.2, -0.15) is 0 Å². The van der Waals surface area contributed by atoms with Gasteiger partial charge in [-0.05, 0) is 32.0 Å². The van der Waals surface area contributed by atoms with Crippen molar-refractivity contribution < 1.29 is 4.92 Å². The SMILES string of the molecule is Cc1ccc(C)n1NCc1c(Cl)cccc1[N+](=O)[O-]. The molecule has 5 nitrogen and oxygen atoms in total. The van der Waals surface area contributed by atoms with E-state index in [1.807, 2.05) is 30.7 Å². The molecule has 0 saturated heterocycles. The number of nitrogens with zero attached hydrogens (tertiary/aromatic N) is 2. The maximum Gasteiger partial charge on any atom is 0.275 e. The maximum atomic E-state index is 11.0. The van der Waals surface area contributed by atoms with Gasteiger partial charge < -0.3 is 5.43 Å². The van der Waals surface area contributed by atoms with Crippen LogP contribution in [0, 0.1) is 24.0 Å². The van der Waals surface area contributed by atoms with Gasteiger partial charge in [0.1, 0.15) is 0 Å². The van der Waals surface area contributed by atoms with Crippen molar-refractivity contribution in [1.82, 2.24) is 4.68 Å². The molecule has 0 spiro atoms. The summed E-state index contributed by atoms with van der Waals surface area (Å²) in [5, 5.41) is 11.4. The van der Waals surface area contributed by atoms with Crippen LogP contribution in [-0.2, 0) is 6.54 Å². The molecule has 2 aromatic rings. The molecule has 0 atom stereocenters. The molecule has 6 heteroatoms. The zero-order valence-electron chi connectivity index (χ0n) is 10.7. The Morgan fingerprint density at radius 2 is 1.89 bits per heavy atom. The van der Waals surface area contributed by atoms with Gasteiger partial charge in [-0.1, -0.05) is 17.7 Å². The van der Waals surface area contributed by atoms with Gasteiger partial charge in [-0.25, -0.2) is 0 Å².